The van der Waals surface area contributed by atoms with Gasteiger partial charge >= 0.3 is 0 Å². The normalized spacial score (nSPS) is 12.6. The largest absolute Gasteiger partial charge is 0.102 e. The fourth-order valence-electron chi connectivity index (χ4n) is 0.591. The predicted octanol–water partition coefficient (Wildman–Crippen LogP) is 3.89. The first-order valence-corrected chi connectivity index (χ1v) is 4.13. The van der Waals surface area contributed by atoms with Crippen molar-refractivity contribution in [3.05, 3.63) is 49.1 Å². The van der Waals surface area contributed by atoms with Crippen molar-refractivity contribution >= 4 is 0 Å². The Hall–Kier alpha value is -1.04. The zero-order chi connectivity index (χ0) is 9.61. The van der Waals surface area contributed by atoms with E-state index in [-0.39, 0.29) is 5.41 Å². The molecule has 0 saturated heterocycles. The summed E-state index contributed by atoms with van der Waals surface area (Å²) >= 11 is 0. The molecule has 0 saturated carbocycles. The van der Waals surface area contributed by atoms with E-state index in [0.717, 1.165) is 5.57 Å². The third-order valence-electron chi connectivity index (χ3n) is 1.54. The molecule has 0 rings (SSSR count). The second kappa shape index (κ2) is 4.76. The number of allylic oxidation sites excluding steroid dienone is 6. The van der Waals surface area contributed by atoms with Crippen LogP contribution in [0.15, 0.2) is 49.1 Å². The van der Waals surface area contributed by atoms with Crippen LogP contribution in [0.1, 0.15) is 20.8 Å². The smallest absolute Gasteiger partial charge is 0.000484 e. The quantitative estimate of drug-likeness (QED) is 0.434. The lowest BCUT2D eigenvalue weighted by Gasteiger charge is -2.12. The summed E-state index contributed by atoms with van der Waals surface area (Å²) in [5, 5.41) is 0. The first-order valence-electron chi connectivity index (χ1n) is 4.13. The summed E-state index contributed by atoms with van der Waals surface area (Å²) in [7, 11) is 0. The zero-order valence-electron chi connectivity index (χ0n) is 8.30. The monoisotopic (exact) mass is 162 g/mol. The van der Waals surface area contributed by atoms with Gasteiger partial charge in [-0.25, -0.2) is 0 Å². The van der Waals surface area contributed by atoms with E-state index in [2.05, 4.69) is 33.1 Å². The van der Waals surface area contributed by atoms with Crippen molar-refractivity contribution in [1.29, 1.82) is 0 Å². The van der Waals surface area contributed by atoms with Crippen LogP contribution in [0.3, 0.4) is 0 Å². The lowest BCUT2D eigenvalue weighted by Crippen LogP contribution is -2.00. The molecule has 0 unspecified atom stereocenters. The van der Waals surface area contributed by atoms with Crippen LogP contribution in [-0.4, -0.2) is 0 Å². The molecule has 0 amide bonds. The van der Waals surface area contributed by atoms with Gasteiger partial charge in [0.25, 0.3) is 0 Å². The number of hydrogen-bond acceptors (Lipinski definition) is 0. The highest BCUT2D eigenvalue weighted by atomic mass is 14.1. The molecule has 0 fully saturated rings. The highest BCUT2D eigenvalue weighted by Gasteiger charge is 2.05. The Balaban J connectivity index is 4.08. The van der Waals surface area contributed by atoms with Crippen molar-refractivity contribution in [2.45, 2.75) is 20.8 Å². The summed E-state index contributed by atoms with van der Waals surface area (Å²) in [5.41, 5.74) is 1.15. The second-order valence-corrected chi connectivity index (χ2v) is 3.59. The third kappa shape index (κ3) is 5.72. The van der Waals surface area contributed by atoms with Gasteiger partial charge in [0.15, 0.2) is 0 Å². The van der Waals surface area contributed by atoms with Crippen molar-refractivity contribution < 1.29 is 0 Å². The molecule has 0 aliphatic carbocycles. The van der Waals surface area contributed by atoms with Gasteiger partial charge in [0.2, 0.25) is 0 Å². The molecule has 0 atom stereocenters. The van der Waals surface area contributed by atoms with Crippen LogP contribution in [0.4, 0.5) is 0 Å². The Morgan fingerprint density at radius 2 is 1.83 bits per heavy atom. The fraction of sp³-hybridized carbons (Fsp3) is 0.333. The maximum atomic E-state index is 3.77. The van der Waals surface area contributed by atoms with E-state index in [1.165, 1.54) is 0 Å². The zero-order valence-corrected chi connectivity index (χ0v) is 8.30. The van der Waals surface area contributed by atoms with Crippen LogP contribution in [0.25, 0.3) is 0 Å². The lowest BCUT2D eigenvalue weighted by atomic mass is 9.93. The van der Waals surface area contributed by atoms with Gasteiger partial charge in [-0.05, 0) is 6.92 Å². The van der Waals surface area contributed by atoms with Crippen molar-refractivity contribution in [3.8, 4) is 0 Å². The van der Waals surface area contributed by atoms with Crippen LogP contribution in [0, 0.1) is 5.41 Å². The van der Waals surface area contributed by atoms with E-state index in [0.29, 0.717) is 0 Å². The van der Waals surface area contributed by atoms with Crippen molar-refractivity contribution in [3.63, 3.8) is 0 Å². The molecule has 12 heavy (non-hydrogen) atoms. The van der Waals surface area contributed by atoms with Gasteiger partial charge in [-0.1, -0.05) is 56.4 Å². The standard InChI is InChI=1S/C12H18/c1-6-12(4,5)10-8-7-9-11(2)3/h6-10H,1-2H2,3-5H3/b9-7+,10-8+. The number of rotatable bonds is 4. The average Bonchev–Trinajstić information content (AvgIpc) is 1.98. The molecule has 0 nitrogen and oxygen atoms in total. The van der Waals surface area contributed by atoms with Gasteiger partial charge < -0.3 is 0 Å². The molecule has 66 valence electrons. The average molecular weight is 162 g/mol. The van der Waals surface area contributed by atoms with Gasteiger partial charge in [-0.3, -0.25) is 0 Å². The molecule has 0 aromatic carbocycles. The van der Waals surface area contributed by atoms with Gasteiger partial charge in [-0.2, -0.15) is 0 Å². The minimum atomic E-state index is 0.0828. The van der Waals surface area contributed by atoms with E-state index in [9.17, 15) is 0 Å². The summed E-state index contributed by atoms with van der Waals surface area (Å²) in [6.45, 7) is 13.7. The molecule has 0 aliphatic rings. The SMILES string of the molecule is C=CC(C)(C)/C=C/C=C/C(=C)C. The van der Waals surface area contributed by atoms with Gasteiger partial charge in [0.1, 0.15) is 0 Å². The predicted molar refractivity (Wildman–Crippen MR) is 57.1 cm³/mol. The first kappa shape index (κ1) is 11.0. The first-order chi connectivity index (χ1) is 5.48. The Morgan fingerprint density at radius 1 is 1.25 bits per heavy atom. The Kier molecular flexibility index (Phi) is 4.35. The molecule has 0 spiro atoms. The van der Waals surface area contributed by atoms with E-state index >= 15 is 0 Å². The summed E-state index contributed by atoms with van der Waals surface area (Å²) in [4.78, 5) is 0. The molecule has 0 heterocycles. The highest BCUT2D eigenvalue weighted by Crippen LogP contribution is 2.17. The maximum Gasteiger partial charge on any atom is 0.000484 e. The minimum absolute atomic E-state index is 0.0828. The minimum Gasteiger partial charge on any atom is -0.102 e. The summed E-state index contributed by atoms with van der Waals surface area (Å²) in [6.07, 6.45) is 10.0. The van der Waals surface area contributed by atoms with Crippen molar-refractivity contribution in [2.75, 3.05) is 0 Å². The molecule has 0 heteroatoms. The van der Waals surface area contributed by atoms with Crippen molar-refractivity contribution in [2.24, 2.45) is 5.41 Å². The van der Waals surface area contributed by atoms with Gasteiger partial charge in [0, 0.05) is 5.41 Å². The van der Waals surface area contributed by atoms with Crippen molar-refractivity contribution in [1.82, 2.24) is 0 Å². The van der Waals surface area contributed by atoms with Crippen LogP contribution in [0.5, 0.6) is 0 Å². The van der Waals surface area contributed by atoms with Gasteiger partial charge in [0.05, 0.1) is 0 Å². The molecule has 0 aliphatic heterocycles. The summed E-state index contributed by atoms with van der Waals surface area (Å²) in [5.74, 6) is 0. The second-order valence-electron chi connectivity index (χ2n) is 3.59. The Labute approximate surface area is 76.0 Å². The molecule has 0 aromatic rings. The van der Waals surface area contributed by atoms with E-state index in [1.54, 1.807) is 0 Å². The highest BCUT2D eigenvalue weighted by molar-refractivity contribution is 5.19. The summed E-state index contributed by atoms with van der Waals surface area (Å²) < 4.78 is 0. The molecular formula is C12H18. The van der Waals surface area contributed by atoms with E-state index in [1.807, 2.05) is 31.2 Å². The molecule has 0 bridgehead atoms. The topological polar surface area (TPSA) is 0 Å². The van der Waals surface area contributed by atoms with Gasteiger partial charge in [-0.15, -0.1) is 6.58 Å². The molecule has 0 radical (unpaired) electrons. The fourth-order valence-corrected chi connectivity index (χ4v) is 0.591. The van der Waals surface area contributed by atoms with Crippen LogP contribution < -0.4 is 0 Å². The van der Waals surface area contributed by atoms with E-state index < -0.39 is 0 Å². The van der Waals surface area contributed by atoms with Crippen LogP contribution >= 0.6 is 0 Å². The Bertz CT molecular complexity index is 214. The molecular weight excluding hydrogens is 144 g/mol. The maximum absolute atomic E-state index is 3.77. The molecule has 0 N–H and O–H groups in total. The van der Waals surface area contributed by atoms with Crippen LogP contribution in [0.2, 0.25) is 0 Å². The lowest BCUT2D eigenvalue weighted by molar-refractivity contribution is 0.628. The summed E-state index contributed by atoms with van der Waals surface area (Å²) in [6, 6.07) is 0. The van der Waals surface area contributed by atoms with E-state index in [4.69, 9.17) is 0 Å². The molecule has 0 aromatic heterocycles. The number of hydrogen-bond donors (Lipinski definition) is 0. The van der Waals surface area contributed by atoms with Crippen LogP contribution in [-0.2, 0) is 0 Å². The third-order valence-corrected chi connectivity index (χ3v) is 1.54. The Morgan fingerprint density at radius 3 is 2.25 bits per heavy atom.